The molecular formula is C26H33F3N2OS. The van der Waals surface area contributed by atoms with Gasteiger partial charge >= 0.3 is 0 Å². The fraction of sp³-hybridized carbons (Fsp3) is 0.423. The number of fused-ring (bicyclic) bond motifs is 1. The van der Waals surface area contributed by atoms with E-state index in [2.05, 4.69) is 26.3 Å². The van der Waals surface area contributed by atoms with E-state index < -0.39 is 28.1 Å². The first-order valence-corrected chi connectivity index (χ1v) is 13.0. The van der Waals surface area contributed by atoms with Gasteiger partial charge in [-0.05, 0) is 67.2 Å². The molecule has 180 valence electrons. The van der Waals surface area contributed by atoms with Crippen molar-refractivity contribution >= 4 is 27.0 Å². The number of halogens is 3. The van der Waals surface area contributed by atoms with Crippen LogP contribution in [-0.2, 0) is 15.1 Å². The summed E-state index contributed by atoms with van der Waals surface area (Å²) in [7, 11) is -3.09. The summed E-state index contributed by atoms with van der Waals surface area (Å²) in [6.07, 6.45) is 1.36. The lowest BCUT2D eigenvalue weighted by Gasteiger charge is -2.30. The number of nitrogens with zero attached hydrogens (tertiary/aromatic N) is 2. The Morgan fingerprint density at radius 3 is 2.36 bits per heavy atom. The molecule has 0 saturated heterocycles. The van der Waals surface area contributed by atoms with E-state index in [1.807, 2.05) is 17.0 Å². The maximum absolute atomic E-state index is 13.6. The molecule has 1 heterocycles. The maximum Gasteiger partial charge on any atom is 0.252 e. The van der Waals surface area contributed by atoms with Gasteiger partial charge in [0.25, 0.3) is 6.43 Å². The van der Waals surface area contributed by atoms with E-state index in [1.54, 1.807) is 25.1 Å². The maximum atomic E-state index is 13.6. The Labute approximate surface area is 196 Å². The molecule has 2 aromatic rings. The Balaban J connectivity index is 2.13. The molecule has 0 amide bonds. The van der Waals surface area contributed by atoms with Crippen LogP contribution in [0.3, 0.4) is 0 Å². The summed E-state index contributed by atoms with van der Waals surface area (Å²) in [6.45, 7) is 9.95. The highest BCUT2D eigenvalue weighted by molar-refractivity contribution is 7.98. The number of alkyl halides is 2. The molecule has 2 unspecified atom stereocenters. The second kappa shape index (κ2) is 9.94. The standard InChI is InChI=1S/C26H33F3N2OS/c1-6-8-9-16-26(4)19(3)31(21-12-10-20(27)11-13-21)24-15-14-22(17-23(24)26)33(5,32)30(7-2)18-25(28)29/h10-15,17,25H,3,5-9,16,18H2,1-2,4H3. The van der Waals surface area contributed by atoms with Gasteiger partial charge in [0.15, 0.2) is 0 Å². The zero-order valence-electron chi connectivity index (χ0n) is 19.6. The molecule has 0 saturated carbocycles. The number of hydrogen-bond donors (Lipinski definition) is 0. The Morgan fingerprint density at radius 1 is 1.12 bits per heavy atom. The first-order valence-electron chi connectivity index (χ1n) is 11.4. The lowest BCUT2D eigenvalue weighted by atomic mass is 9.77. The van der Waals surface area contributed by atoms with Crippen molar-refractivity contribution in [2.75, 3.05) is 18.0 Å². The molecule has 3 nitrogen and oxygen atoms in total. The quantitative estimate of drug-likeness (QED) is 0.274. The van der Waals surface area contributed by atoms with Gasteiger partial charge in [-0.1, -0.05) is 39.7 Å². The van der Waals surface area contributed by atoms with Gasteiger partial charge in [0.1, 0.15) is 5.82 Å². The van der Waals surface area contributed by atoms with Crippen molar-refractivity contribution in [2.24, 2.45) is 0 Å². The van der Waals surface area contributed by atoms with Crippen LogP contribution in [0.15, 0.2) is 59.6 Å². The van der Waals surface area contributed by atoms with Gasteiger partial charge in [-0.15, -0.1) is 0 Å². The third kappa shape index (κ3) is 4.85. The summed E-state index contributed by atoms with van der Waals surface area (Å²) in [6, 6.07) is 11.6. The Kier molecular flexibility index (Phi) is 7.64. The average Bonchev–Trinajstić information content (AvgIpc) is 2.99. The smallest absolute Gasteiger partial charge is 0.252 e. The monoisotopic (exact) mass is 478 g/mol. The molecule has 33 heavy (non-hydrogen) atoms. The fourth-order valence-corrected chi connectivity index (χ4v) is 6.20. The van der Waals surface area contributed by atoms with Crippen LogP contribution in [0.5, 0.6) is 0 Å². The third-order valence-corrected chi connectivity index (χ3v) is 8.79. The Morgan fingerprint density at radius 2 is 1.79 bits per heavy atom. The molecule has 0 spiro atoms. The highest BCUT2D eigenvalue weighted by Crippen LogP contribution is 2.53. The van der Waals surface area contributed by atoms with E-state index in [0.29, 0.717) is 4.90 Å². The van der Waals surface area contributed by atoms with Crippen molar-refractivity contribution < 1.29 is 17.4 Å². The molecule has 0 bridgehead atoms. The average molecular weight is 479 g/mol. The molecule has 2 aromatic carbocycles. The first kappa shape index (κ1) is 25.4. The largest absolute Gasteiger partial charge is 0.314 e. The minimum Gasteiger partial charge on any atom is -0.314 e. The van der Waals surface area contributed by atoms with Gasteiger partial charge in [-0.2, -0.15) is 0 Å². The predicted octanol–water partition coefficient (Wildman–Crippen LogP) is 6.91. The van der Waals surface area contributed by atoms with E-state index in [4.69, 9.17) is 0 Å². The second-order valence-corrected chi connectivity index (χ2v) is 11.0. The van der Waals surface area contributed by atoms with E-state index in [1.165, 1.54) is 16.4 Å². The van der Waals surface area contributed by atoms with Crippen LogP contribution in [0.4, 0.5) is 24.5 Å². The normalized spacial score (nSPS) is 19.9. The van der Waals surface area contributed by atoms with Crippen LogP contribution < -0.4 is 4.90 Å². The SMILES string of the molecule is C=C1N(c2ccc(F)cc2)c2ccc(S(=C)(=O)N(CC)CC(F)F)cc2C1(C)CCCCC. The van der Waals surface area contributed by atoms with Crippen molar-refractivity contribution in [3.8, 4) is 0 Å². The Hall–Kier alpha value is -2.25. The van der Waals surface area contributed by atoms with Crippen LogP contribution in [0.25, 0.3) is 0 Å². The molecule has 1 aliphatic heterocycles. The molecule has 0 radical (unpaired) electrons. The minimum atomic E-state index is -3.09. The van der Waals surface area contributed by atoms with E-state index >= 15 is 0 Å². The van der Waals surface area contributed by atoms with Crippen molar-refractivity contribution in [1.29, 1.82) is 0 Å². The lowest BCUT2D eigenvalue weighted by Crippen LogP contribution is -2.35. The summed E-state index contributed by atoms with van der Waals surface area (Å²) in [5, 5.41) is 0. The van der Waals surface area contributed by atoms with Crippen LogP contribution in [-0.4, -0.2) is 33.9 Å². The number of hydrogen-bond acceptors (Lipinski definition) is 2. The predicted molar refractivity (Wildman–Crippen MR) is 132 cm³/mol. The van der Waals surface area contributed by atoms with Crippen LogP contribution >= 0.6 is 0 Å². The molecule has 2 atom stereocenters. The van der Waals surface area contributed by atoms with Gasteiger partial charge in [0.2, 0.25) is 0 Å². The summed E-state index contributed by atoms with van der Waals surface area (Å²) >= 11 is 0. The molecule has 1 aliphatic rings. The van der Waals surface area contributed by atoms with Crippen LogP contribution in [0.1, 0.15) is 52.0 Å². The number of allylic oxidation sites excluding steroid dienone is 1. The van der Waals surface area contributed by atoms with Crippen molar-refractivity contribution in [2.45, 2.75) is 63.2 Å². The van der Waals surface area contributed by atoms with Crippen molar-refractivity contribution in [1.82, 2.24) is 4.31 Å². The minimum absolute atomic E-state index is 0.200. The molecule has 0 aromatic heterocycles. The highest BCUT2D eigenvalue weighted by Gasteiger charge is 2.43. The third-order valence-electron chi connectivity index (χ3n) is 6.56. The van der Waals surface area contributed by atoms with E-state index in [-0.39, 0.29) is 12.4 Å². The first-order chi connectivity index (χ1) is 15.6. The van der Waals surface area contributed by atoms with E-state index in [9.17, 15) is 17.4 Å². The molecule has 0 fully saturated rings. The summed E-state index contributed by atoms with van der Waals surface area (Å²) in [5.41, 5.74) is 3.02. The number of benzene rings is 2. The number of unbranched alkanes of at least 4 members (excludes halogenated alkanes) is 2. The van der Waals surface area contributed by atoms with Gasteiger partial charge < -0.3 is 4.90 Å². The zero-order valence-corrected chi connectivity index (χ0v) is 20.4. The van der Waals surface area contributed by atoms with Gasteiger partial charge in [0.05, 0.1) is 21.9 Å². The highest BCUT2D eigenvalue weighted by atomic mass is 32.2. The molecule has 0 N–H and O–H groups in total. The second-order valence-electron chi connectivity index (χ2n) is 8.74. The molecule has 0 aliphatic carbocycles. The van der Waals surface area contributed by atoms with Crippen LogP contribution in [0, 0.1) is 5.82 Å². The fourth-order valence-electron chi connectivity index (χ4n) is 4.55. The summed E-state index contributed by atoms with van der Waals surface area (Å²) < 4.78 is 54.6. The van der Waals surface area contributed by atoms with E-state index in [0.717, 1.165) is 48.3 Å². The van der Waals surface area contributed by atoms with Gasteiger partial charge in [-0.3, -0.25) is 0 Å². The topological polar surface area (TPSA) is 23.6 Å². The van der Waals surface area contributed by atoms with Gasteiger partial charge in [0, 0.05) is 28.2 Å². The van der Waals surface area contributed by atoms with Crippen LogP contribution in [0.2, 0.25) is 0 Å². The van der Waals surface area contributed by atoms with Crippen molar-refractivity contribution in [3.63, 3.8) is 0 Å². The van der Waals surface area contributed by atoms with Crippen molar-refractivity contribution in [3.05, 3.63) is 66.1 Å². The molecule has 3 rings (SSSR count). The van der Waals surface area contributed by atoms with Gasteiger partial charge in [-0.25, -0.2) is 21.7 Å². The summed E-state index contributed by atoms with van der Waals surface area (Å²) in [4.78, 5) is 2.44. The molecular weight excluding hydrogens is 445 g/mol. The Bertz CT molecular complexity index is 1100. The molecule has 7 heteroatoms. The zero-order chi connectivity index (χ0) is 24.4. The number of anilines is 2. The number of rotatable bonds is 10. The lowest BCUT2D eigenvalue weighted by molar-refractivity contribution is 0.123. The summed E-state index contributed by atoms with van der Waals surface area (Å²) in [5.74, 6) is 3.54.